The van der Waals surface area contributed by atoms with E-state index in [0.29, 0.717) is 17.5 Å². The average molecular weight is 666 g/mol. The molecule has 2 aromatic heterocycles. The molecule has 9 aromatic carbocycles. The van der Waals surface area contributed by atoms with Crippen LogP contribution in [0.1, 0.15) is 0 Å². The molecule has 0 saturated carbocycles. The summed E-state index contributed by atoms with van der Waals surface area (Å²) in [6.45, 7) is 0. The molecule has 2 heterocycles. The van der Waals surface area contributed by atoms with Gasteiger partial charge in [-0.3, -0.25) is 0 Å². The van der Waals surface area contributed by atoms with E-state index in [1.165, 1.54) is 57.9 Å². The van der Waals surface area contributed by atoms with Crippen molar-refractivity contribution in [3.63, 3.8) is 0 Å². The van der Waals surface area contributed by atoms with Crippen molar-refractivity contribution in [2.24, 2.45) is 0 Å². The van der Waals surface area contributed by atoms with Crippen molar-refractivity contribution in [2.45, 2.75) is 0 Å². The molecule has 0 aliphatic rings. The summed E-state index contributed by atoms with van der Waals surface area (Å²) in [6, 6.07) is 58.3. The van der Waals surface area contributed by atoms with Gasteiger partial charge in [0, 0.05) is 42.2 Å². The van der Waals surface area contributed by atoms with Crippen molar-refractivity contribution < 1.29 is 0 Å². The van der Waals surface area contributed by atoms with Gasteiger partial charge in [-0.1, -0.05) is 158 Å². The van der Waals surface area contributed by atoms with Gasteiger partial charge in [-0.2, -0.15) is 0 Å². The molecule has 0 amide bonds. The summed E-state index contributed by atoms with van der Waals surface area (Å²) in [5, 5.41) is 14.7. The maximum absolute atomic E-state index is 5.37. The molecule has 0 bridgehead atoms. The van der Waals surface area contributed by atoms with Gasteiger partial charge in [-0.25, -0.2) is 15.0 Å². The van der Waals surface area contributed by atoms with E-state index in [2.05, 4.69) is 146 Å². The Morgan fingerprint density at radius 3 is 1.69 bits per heavy atom. The Bertz CT molecular complexity index is 3160. The Morgan fingerprint density at radius 2 is 0.902 bits per heavy atom. The Morgan fingerprint density at radius 1 is 0.353 bits per heavy atom. The number of rotatable bonds is 3. The number of hydrogen-bond donors (Lipinski definition) is 0. The minimum atomic E-state index is 0.659. The van der Waals surface area contributed by atoms with Crippen molar-refractivity contribution in [1.82, 2.24) is 15.0 Å². The minimum Gasteiger partial charge on any atom is -0.208 e. The Balaban J connectivity index is 1.30. The predicted molar refractivity (Wildman–Crippen MR) is 217 cm³/mol. The van der Waals surface area contributed by atoms with E-state index in [4.69, 9.17) is 15.0 Å². The third-order valence-electron chi connectivity index (χ3n) is 10.3. The fourth-order valence-electron chi connectivity index (χ4n) is 8.02. The Kier molecular flexibility index (Phi) is 6.12. The monoisotopic (exact) mass is 665 g/mol. The maximum Gasteiger partial charge on any atom is 0.165 e. The second-order valence-corrected chi connectivity index (χ2v) is 14.2. The number of nitrogens with zero attached hydrogens (tertiary/aromatic N) is 3. The number of hydrogen-bond acceptors (Lipinski definition) is 4. The van der Waals surface area contributed by atoms with Gasteiger partial charge in [0.25, 0.3) is 0 Å². The van der Waals surface area contributed by atoms with Crippen molar-refractivity contribution in [2.75, 3.05) is 0 Å². The van der Waals surface area contributed by atoms with E-state index in [1.54, 1.807) is 0 Å². The van der Waals surface area contributed by atoms with Crippen LogP contribution in [0.25, 0.3) is 108 Å². The van der Waals surface area contributed by atoms with Gasteiger partial charge in [0.05, 0.1) is 0 Å². The summed E-state index contributed by atoms with van der Waals surface area (Å²) < 4.78 is 2.50. The molecule has 0 N–H and O–H groups in total. The quantitative estimate of drug-likeness (QED) is 0.176. The smallest absolute Gasteiger partial charge is 0.165 e. The molecule has 11 rings (SSSR count). The van der Waals surface area contributed by atoms with E-state index in [0.717, 1.165) is 32.8 Å². The summed E-state index contributed by atoms with van der Waals surface area (Å²) >= 11 is 1.87. The van der Waals surface area contributed by atoms with Crippen molar-refractivity contribution in [3.8, 4) is 34.2 Å². The van der Waals surface area contributed by atoms with E-state index >= 15 is 0 Å². The summed E-state index contributed by atoms with van der Waals surface area (Å²) in [4.78, 5) is 15.8. The summed E-state index contributed by atoms with van der Waals surface area (Å²) in [5.41, 5.74) is 2.99. The number of thiophene rings is 1. The summed E-state index contributed by atoms with van der Waals surface area (Å²) in [6.07, 6.45) is 0. The van der Waals surface area contributed by atoms with Crippen LogP contribution >= 0.6 is 11.3 Å². The fourth-order valence-corrected chi connectivity index (χ4v) is 9.34. The van der Waals surface area contributed by atoms with Crippen LogP contribution in [-0.4, -0.2) is 15.0 Å². The molecule has 0 atom stereocenters. The van der Waals surface area contributed by atoms with Crippen LogP contribution in [0.5, 0.6) is 0 Å². The molecule has 0 radical (unpaired) electrons. The first-order valence-electron chi connectivity index (χ1n) is 17.2. The van der Waals surface area contributed by atoms with Crippen molar-refractivity contribution in [1.29, 1.82) is 0 Å². The lowest BCUT2D eigenvalue weighted by Gasteiger charge is -2.13. The number of aromatic nitrogens is 3. The Hall–Kier alpha value is -6.49. The summed E-state index contributed by atoms with van der Waals surface area (Å²) in [5.74, 6) is 2.00. The molecule has 11 aromatic rings. The average Bonchev–Trinajstić information content (AvgIpc) is 3.58. The molecule has 0 aliphatic heterocycles. The zero-order valence-corrected chi connectivity index (χ0v) is 28.2. The molecule has 236 valence electrons. The first kappa shape index (κ1) is 28.4. The van der Waals surface area contributed by atoms with E-state index in [1.807, 2.05) is 29.5 Å². The second kappa shape index (κ2) is 11.0. The van der Waals surface area contributed by atoms with Crippen LogP contribution < -0.4 is 0 Å². The molecule has 0 saturated heterocycles. The molecule has 0 unspecified atom stereocenters. The van der Waals surface area contributed by atoms with Gasteiger partial charge >= 0.3 is 0 Å². The number of fused-ring (bicyclic) bond motifs is 12. The van der Waals surface area contributed by atoms with Crippen molar-refractivity contribution in [3.05, 3.63) is 164 Å². The maximum atomic E-state index is 5.37. The molecule has 0 aliphatic carbocycles. The molecule has 0 fully saturated rings. The standard InChI is InChI=1S/C47H27N3S/c1-2-14-29(15-3-1)45-48-46(38-24-12-17-28-13-4-6-18-31(28)38)50-47(49-45)43-32-19-7-5-16-30(32)27-40-42(43)39-26-25-37-35-22-9-8-20-33(35)34-21-10-11-23-36(34)41(37)44(39)51-40/h1-27H. The molecule has 51 heavy (non-hydrogen) atoms. The zero-order chi connectivity index (χ0) is 33.5. The third-order valence-corrected chi connectivity index (χ3v) is 11.4. The van der Waals surface area contributed by atoms with E-state index in [9.17, 15) is 0 Å². The highest BCUT2D eigenvalue weighted by molar-refractivity contribution is 7.27. The van der Waals surface area contributed by atoms with Gasteiger partial charge in [-0.15, -0.1) is 11.3 Å². The second-order valence-electron chi connectivity index (χ2n) is 13.1. The molecular formula is C47H27N3S. The van der Waals surface area contributed by atoms with E-state index in [-0.39, 0.29) is 0 Å². The van der Waals surface area contributed by atoms with Gasteiger partial charge < -0.3 is 0 Å². The minimum absolute atomic E-state index is 0.659. The lowest BCUT2D eigenvalue weighted by molar-refractivity contribution is 1.08. The van der Waals surface area contributed by atoms with Crippen LogP contribution in [-0.2, 0) is 0 Å². The van der Waals surface area contributed by atoms with Crippen LogP contribution in [0.4, 0.5) is 0 Å². The van der Waals surface area contributed by atoms with Gasteiger partial charge in [0.2, 0.25) is 0 Å². The first-order valence-corrected chi connectivity index (χ1v) is 18.0. The van der Waals surface area contributed by atoms with Crippen LogP contribution in [0, 0.1) is 0 Å². The van der Waals surface area contributed by atoms with Crippen molar-refractivity contribution >= 4 is 85.4 Å². The van der Waals surface area contributed by atoms with Gasteiger partial charge in [0.1, 0.15) is 0 Å². The van der Waals surface area contributed by atoms with Crippen LogP contribution in [0.15, 0.2) is 164 Å². The molecule has 3 nitrogen and oxygen atoms in total. The highest BCUT2D eigenvalue weighted by Gasteiger charge is 2.22. The largest absolute Gasteiger partial charge is 0.208 e. The fraction of sp³-hybridized carbons (Fsp3) is 0. The molecular weight excluding hydrogens is 639 g/mol. The normalized spacial score (nSPS) is 11.9. The predicted octanol–water partition coefficient (Wildman–Crippen LogP) is 13.0. The van der Waals surface area contributed by atoms with Crippen LogP contribution in [0.3, 0.4) is 0 Å². The van der Waals surface area contributed by atoms with Gasteiger partial charge in [-0.05, 0) is 54.5 Å². The first-order chi connectivity index (χ1) is 25.3. The summed E-state index contributed by atoms with van der Waals surface area (Å²) in [7, 11) is 0. The Labute approximate surface area is 297 Å². The molecule has 4 heteroatoms. The molecule has 0 spiro atoms. The highest BCUT2D eigenvalue weighted by Crippen LogP contribution is 2.48. The zero-order valence-electron chi connectivity index (χ0n) is 27.3. The highest BCUT2D eigenvalue weighted by atomic mass is 32.1. The van der Waals surface area contributed by atoms with E-state index < -0.39 is 0 Å². The van der Waals surface area contributed by atoms with Gasteiger partial charge in [0.15, 0.2) is 17.5 Å². The lowest BCUT2D eigenvalue weighted by atomic mass is 9.92. The topological polar surface area (TPSA) is 38.7 Å². The SMILES string of the molecule is c1ccc(-c2nc(-c3cccc4ccccc34)nc(-c3c4ccccc4cc4sc5c(ccc6c7ccccc7c7ccccc7c65)c34)n2)cc1. The lowest BCUT2D eigenvalue weighted by Crippen LogP contribution is -2.01. The van der Waals surface area contributed by atoms with Crippen LogP contribution in [0.2, 0.25) is 0 Å². The number of benzene rings is 9. The third kappa shape index (κ3) is 4.27.